The molecule has 0 rings (SSSR count). The van der Waals surface area contributed by atoms with E-state index in [0.29, 0.717) is 0 Å². The van der Waals surface area contributed by atoms with Crippen molar-refractivity contribution in [1.29, 1.82) is 0 Å². The molecule has 0 aromatic heterocycles. The lowest BCUT2D eigenvalue weighted by molar-refractivity contribution is -0.121. The molecule has 0 bridgehead atoms. The van der Waals surface area contributed by atoms with Gasteiger partial charge >= 0.3 is 0 Å². The van der Waals surface area contributed by atoms with Crippen LogP contribution in [0.4, 0.5) is 0 Å². The van der Waals surface area contributed by atoms with Gasteiger partial charge in [-0.3, -0.25) is 4.79 Å². The predicted octanol–water partition coefficient (Wildman–Crippen LogP) is 3.59. The van der Waals surface area contributed by atoms with E-state index in [9.17, 15) is 4.79 Å². The van der Waals surface area contributed by atoms with Crippen LogP contribution >= 0.6 is 0 Å². The van der Waals surface area contributed by atoms with E-state index >= 15 is 0 Å². The van der Waals surface area contributed by atoms with Crippen molar-refractivity contribution in [3.63, 3.8) is 0 Å². The first-order chi connectivity index (χ1) is 5.55. The summed E-state index contributed by atoms with van der Waals surface area (Å²) >= 11 is 0. The molecule has 76 valence electrons. The highest BCUT2D eigenvalue weighted by molar-refractivity contribution is 5.94. The fraction of sp³-hybridized carbons (Fsp3) is 0.750. The van der Waals surface area contributed by atoms with Crippen molar-refractivity contribution < 1.29 is 4.79 Å². The molecule has 0 heterocycles. The van der Waals surface area contributed by atoms with E-state index in [1.54, 1.807) is 6.08 Å². The molecule has 13 heavy (non-hydrogen) atoms. The molecular formula is C12H22O. The number of carbonyl (C=O) groups excluding carboxylic acids is 1. The molecule has 0 aromatic rings. The number of rotatable bonds is 1. The Balaban J connectivity index is 4.70. The maximum atomic E-state index is 11.6. The molecule has 0 unspecified atom stereocenters. The third-order valence-corrected chi connectivity index (χ3v) is 2.27. The fourth-order valence-electron chi connectivity index (χ4n) is 0.630. The van der Waals surface area contributed by atoms with Gasteiger partial charge in [-0.25, -0.2) is 0 Å². The van der Waals surface area contributed by atoms with Crippen molar-refractivity contribution in [2.24, 2.45) is 10.8 Å². The molecule has 1 nitrogen and oxygen atoms in total. The molecule has 0 aliphatic rings. The third kappa shape index (κ3) is 4.25. The Morgan fingerprint density at radius 1 is 0.923 bits per heavy atom. The standard InChI is InChI=1S/C12H22O/c1-9(11(2,3)4)8-10(13)12(5,6)7/h8H,1-7H3. The van der Waals surface area contributed by atoms with Crippen molar-refractivity contribution in [3.05, 3.63) is 11.6 Å². The Morgan fingerprint density at radius 2 is 1.31 bits per heavy atom. The lowest BCUT2D eigenvalue weighted by Crippen LogP contribution is -2.19. The third-order valence-electron chi connectivity index (χ3n) is 2.27. The van der Waals surface area contributed by atoms with Crippen LogP contribution in [0.3, 0.4) is 0 Å². The minimum absolute atomic E-state index is 0.0981. The van der Waals surface area contributed by atoms with Crippen molar-refractivity contribution in [3.8, 4) is 0 Å². The Hall–Kier alpha value is -0.590. The average molecular weight is 182 g/mol. The summed E-state index contributed by atoms with van der Waals surface area (Å²) in [6.45, 7) is 14.2. The van der Waals surface area contributed by atoms with E-state index in [4.69, 9.17) is 0 Å². The quantitative estimate of drug-likeness (QED) is 0.566. The molecule has 1 heteroatoms. The van der Waals surface area contributed by atoms with Crippen LogP contribution < -0.4 is 0 Å². The first kappa shape index (κ1) is 12.4. The number of hydrogen-bond donors (Lipinski definition) is 0. The summed E-state index contributed by atoms with van der Waals surface area (Å²) < 4.78 is 0. The lowest BCUT2D eigenvalue weighted by atomic mass is 9.83. The van der Waals surface area contributed by atoms with E-state index in [0.717, 1.165) is 5.57 Å². The Bertz CT molecular complexity index is 220. The van der Waals surface area contributed by atoms with Crippen LogP contribution in [0.1, 0.15) is 48.5 Å². The molecule has 0 saturated heterocycles. The molecular weight excluding hydrogens is 160 g/mol. The second-order valence-corrected chi connectivity index (χ2v) is 5.69. The maximum Gasteiger partial charge on any atom is 0.160 e. The summed E-state index contributed by atoms with van der Waals surface area (Å²) in [5, 5.41) is 0. The Morgan fingerprint density at radius 3 is 1.54 bits per heavy atom. The summed E-state index contributed by atoms with van der Waals surface area (Å²) in [6.07, 6.45) is 1.78. The highest BCUT2D eigenvalue weighted by atomic mass is 16.1. The summed E-state index contributed by atoms with van der Waals surface area (Å²) in [4.78, 5) is 11.6. The highest BCUT2D eigenvalue weighted by Gasteiger charge is 2.21. The van der Waals surface area contributed by atoms with Crippen molar-refractivity contribution in [1.82, 2.24) is 0 Å². The van der Waals surface area contributed by atoms with Crippen molar-refractivity contribution in [2.75, 3.05) is 0 Å². The van der Waals surface area contributed by atoms with Crippen LogP contribution in [0, 0.1) is 10.8 Å². The summed E-state index contributed by atoms with van der Waals surface area (Å²) in [7, 11) is 0. The second-order valence-electron chi connectivity index (χ2n) is 5.69. The number of carbonyl (C=O) groups is 1. The Kier molecular flexibility index (Phi) is 3.48. The summed E-state index contributed by atoms with van der Waals surface area (Å²) in [6, 6.07) is 0. The van der Waals surface area contributed by atoms with Gasteiger partial charge in [-0.1, -0.05) is 47.1 Å². The van der Waals surface area contributed by atoms with Crippen LogP contribution in [0.15, 0.2) is 11.6 Å². The first-order valence-electron chi connectivity index (χ1n) is 4.78. The topological polar surface area (TPSA) is 17.1 Å². The van der Waals surface area contributed by atoms with E-state index in [-0.39, 0.29) is 16.6 Å². The van der Waals surface area contributed by atoms with Gasteiger partial charge in [0.2, 0.25) is 0 Å². The molecule has 0 atom stereocenters. The van der Waals surface area contributed by atoms with Crippen LogP contribution in [0.5, 0.6) is 0 Å². The minimum atomic E-state index is -0.257. The first-order valence-corrected chi connectivity index (χ1v) is 4.78. The fourth-order valence-corrected chi connectivity index (χ4v) is 0.630. The van der Waals surface area contributed by atoms with E-state index in [2.05, 4.69) is 20.8 Å². The smallest absolute Gasteiger partial charge is 0.160 e. The van der Waals surface area contributed by atoms with Crippen LogP contribution in [-0.2, 0) is 4.79 Å². The van der Waals surface area contributed by atoms with E-state index in [1.807, 2.05) is 27.7 Å². The molecule has 0 radical (unpaired) electrons. The van der Waals surface area contributed by atoms with Gasteiger partial charge in [0.1, 0.15) is 0 Å². The second kappa shape index (κ2) is 3.65. The van der Waals surface area contributed by atoms with Crippen LogP contribution in [-0.4, -0.2) is 5.78 Å². The van der Waals surface area contributed by atoms with Gasteiger partial charge in [0, 0.05) is 5.41 Å². The van der Waals surface area contributed by atoms with E-state index < -0.39 is 0 Å². The van der Waals surface area contributed by atoms with Gasteiger partial charge in [-0.15, -0.1) is 0 Å². The van der Waals surface area contributed by atoms with Crippen molar-refractivity contribution in [2.45, 2.75) is 48.5 Å². The molecule has 0 fully saturated rings. The van der Waals surface area contributed by atoms with Gasteiger partial charge in [-0.2, -0.15) is 0 Å². The molecule has 0 aliphatic heterocycles. The normalized spacial score (nSPS) is 14.5. The highest BCUT2D eigenvalue weighted by Crippen LogP contribution is 2.26. The monoisotopic (exact) mass is 182 g/mol. The van der Waals surface area contributed by atoms with Crippen LogP contribution in [0.25, 0.3) is 0 Å². The SMILES string of the molecule is CC(=CC(=O)C(C)(C)C)C(C)(C)C. The van der Waals surface area contributed by atoms with Gasteiger partial charge in [-0.05, 0) is 18.4 Å². The average Bonchev–Trinajstić information content (AvgIpc) is 1.82. The van der Waals surface area contributed by atoms with Gasteiger partial charge in [0.25, 0.3) is 0 Å². The van der Waals surface area contributed by atoms with Gasteiger partial charge in [0.15, 0.2) is 5.78 Å². The molecule has 0 aromatic carbocycles. The maximum absolute atomic E-state index is 11.6. The summed E-state index contributed by atoms with van der Waals surface area (Å²) in [5.74, 6) is 0.208. The molecule has 0 aliphatic carbocycles. The van der Waals surface area contributed by atoms with Crippen molar-refractivity contribution >= 4 is 5.78 Å². The molecule has 0 saturated carbocycles. The molecule has 0 amide bonds. The van der Waals surface area contributed by atoms with Crippen LogP contribution in [0.2, 0.25) is 0 Å². The number of hydrogen-bond acceptors (Lipinski definition) is 1. The summed E-state index contributed by atoms with van der Waals surface area (Å²) in [5.41, 5.74) is 0.986. The zero-order valence-corrected chi connectivity index (χ0v) is 9.99. The van der Waals surface area contributed by atoms with Gasteiger partial charge < -0.3 is 0 Å². The molecule has 0 spiro atoms. The number of ketones is 1. The Labute approximate surface area is 82.2 Å². The zero-order chi connectivity index (χ0) is 10.9. The lowest BCUT2D eigenvalue weighted by Gasteiger charge is -2.21. The minimum Gasteiger partial charge on any atom is -0.294 e. The zero-order valence-electron chi connectivity index (χ0n) is 9.99. The predicted molar refractivity (Wildman–Crippen MR) is 57.7 cm³/mol. The van der Waals surface area contributed by atoms with Gasteiger partial charge in [0.05, 0.1) is 0 Å². The molecule has 0 N–H and O–H groups in total. The van der Waals surface area contributed by atoms with E-state index in [1.165, 1.54) is 0 Å². The number of allylic oxidation sites excluding steroid dienone is 2. The largest absolute Gasteiger partial charge is 0.294 e.